The second-order valence-electron chi connectivity index (χ2n) is 4.80. The van der Waals surface area contributed by atoms with Crippen LogP contribution in [0.5, 0.6) is 0 Å². The van der Waals surface area contributed by atoms with Crippen molar-refractivity contribution in [3.63, 3.8) is 0 Å². The van der Waals surface area contributed by atoms with Crippen LogP contribution in [0, 0.1) is 0 Å². The van der Waals surface area contributed by atoms with E-state index in [9.17, 15) is 18.3 Å². The molecule has 1 atom stereocenters. The lowest BCUT2D eigenvalue weighted by molar-refractivity contribution is 0.0314. The number of carboxylic acids is 1. The lowest BCUT2D eigenvalue weighted by Gasteiger charge is -2.20. The topological polar surface area (TPSA) is 113 Å². The number of ether oxygens (including phenoxy) is 1. The maximum Gasteiger partial charge on any atom is 0.337 e. The summed E-state index contributed by atoms with van der Waals surface area (Å²) in [6.45, 7) is 0.249. The molecule has 0 bridgehead atoms. The average molecular weight is 336 g/mol. The van der Waals surface area contributed by atoms with Gasteiger partial charge in [-0.05, 0) is 18.2 Å². The number of halogens is 1. The predicted octanol–water partition coefficient (Wildman–Crippen LogP) is 0.468. The Labute approximate surface area is 126 Å². The van der Waals surface area contributed by atoms with E-state index in [4.69, 9.17) is 21.4 Å². The molecule has 0 saturated carbocycles. The zero-order chi connectivity index (χ0) is 15.7. The number of benzene rings is 1. The summed E-state index contributed by atoms with van der Waals surface area (Å²) in [4.78, 5) is 10.7. The van der Waals surface area contributed by atoms with Crippen LogP contribution in [0.4, 0.5) is 0 Å². The van der Waals surface area contributed by atoms with Crippen molar-refractivity contribution >= 4 is 27.6 Å². The van der Waals surface area contributed by atoms with Gasteiger partial charge in [-0.3, -0.25) is 0 Å². The molecule has 1 aromatic rings. The second-order valence-corrected chi connectivity index (χ2v) is 6.97. The van der Waals surface area contributed by atoms with Crippen LogP contribution >= 0.6 is 11.6 Å². The maximum atomic E-state index is 12.1. The molecule has 1 aromatic carbocycles. The van der Waals surface area contributed by atoms with Crippen LogP contribution < -0.4 is 4.72 Å². The van der Waals surface area contributed by atoms with Crippen LogP contribution in [0.15, 0.2) is 23.1 Å². The van der Waals surface area contributed by atoms with Crippen molar-refractivity contribution in [2.24, 2.45) is 0 Å². The quantitative estimate of drug-likeness (QED) is 0.721. The average Bonchev–Trinajstić information content (AvgIpc) is 2.84. The largest absolute Gasteiger partial charge is 0.478 e. The molecule has 1 unspecified atom stereocenters. The fourth-order valence-corrected chi connectivity index (χ4v) is 3.36. The number of carboxylic acid groups (broad SMARTS) is 1. The number of rotatable bonds is 5. The van der Waals surface area contributed by atoms with Crippen LogP contribution in [0.2, 0.25) is 5.02 Å². The third kappa shape index (κ3) is 3.72. The van der Waals surface area contributed by atoms with Crippen LogP contribution in [-0.2, 0) is 14.8 Å². The first-order valence-corrected chi connectivity index (χ1v) is 7.92. The zero-order valence-corrected chi connectivity index (χ0v) is 12.4. The van der Waals surface area contributed by atoms with Crippen molar-refractivity contribution in [3.8, 4) is 0 Å². The van der Waals surface area contributed by atoms with Gasteiger partial charge in [0, 0.05) is 19.6 Å². The van der Waals surface area contributed by atoms with Gasteiger partial charge < -0.3 is 14.9 Å². The number of hydrogen-bond donors (Lipinski definition) is 3. The first-order chi connectivity index (χ1) is 9.73. The van der Waals surface area contributed by atoms with Gasteiger partial charge in [0.25, 0.3) is 0 Å². The van der Waals surface area contributed by atoms with Crippen LogP contribution in [0.25, 0.3) is 0 Å². The van der Waals surface area contributed by atoms with Crippen molar-refractivity contribution in [1.82, 2.24) is 4.72 Å². The first kappa shape index (κ1) is 16.2. The summed E-state index contributed by atoms with van der Waals surface area (Å²) in [5.74, 6) is -1.24. The Hall–Kier alpha value is -1.19. The summed E-state index contributed by atoms with van der Waals surface area (Å²) in [6, 6.07) is 3.32. The Morgan fingerprint density at radius 2 is 2.19 bits per heavy atom. The normalized spacial score (nSPS) is 22.4. The van der Waals surface area contributed by atoms with E-state index < -0.39 is 21.6 Å². The number of aliphatic hydroxyl groups is 1. The first-order valence-electron chi connectivity index (χ1n) is 6.06. The molecule has 1 heterocycles. The molecule has 1 fully saturated rings. The molecule has 1 saturated heterocycles. The number of sulfonamides is 1. The molecule has 0 spiro atoms. The molecule has 3 N–H and O–H groups in total. The van der Waals surface area contributed by atoms with Gasteiger partial charge in [-0.15, -0.1) is 0 Å². The van der Waals surface area contributed by atoms with Gasteiger partial charge in [0.05, 0.1) is 22.1 Å². The Morgan fingerprint density at radius 1 is 1.48 bits per heavy atom. The van der Waals surface area contributed by atoms with E-state index >= 15 is 0 Å². The SMILES string of the molecule is O=C(O)c1ccc(S(=O)(=O)NCC2(O)CCOC2)cc1Cl. The van der Waals surface area contributed by atoms with Gasteiger partial charge in [0.2, 0.25) is 10.0 Å². The van der Waals surface area contributed by atoms with Gasteiger partial charge in [-0.2, -0.15) is 0 Å². The third-order valence-electron chi connectivity index (χ3n) is 3.15. The second kappa shape index (κ2) is 5.90. The fourth-order valence-electron chi connectivity index (χ4n) is 1.89. The minimum atomic E-state index is -3.89. The highest BCUT2D eigenvalue weighted by Crippen LogP contribution is 2.22. The van der Waals surface area contributed by atoms with Crippen molar-refractivity contribution in [3.05, 3.63) is 28.8 Å². The standard InChI is InChI=1S/C12H14ClNO6S/c13-10-5-8(1-2-9(10)11(15)16)21(18,19)14-6-12(17)3-4-20-7-12/h1-2,5,14,17H,3-4,6-7H2,(H,15,16). The molecule has 1 aliphatic heterocycles. The molecular weight excluding hydrogens is 322 g/mol. The van der Waals surface area contributed by atoms with Gasteiger partial charge in [0.15, 0.2) is 0 Å². The summed E-state index contributed by atoms with van der Waals surface area (Å²) >= 11 is 5.74. The molecule has 2 rings (SSSR count). The Bertz CT molecular complexity index is 654. The number of aromatic carboxylic acids is 1. The zero-order valence-electron chi connectivity index (χ0n) is 10.9. The highest BCUT2D eigenvalue weighted by molar-refractivity contribution is 7.89. The maximum absolute atomic E-state index is 12.1. The van der Waals surface area contributed by atoms with Crippen LogP contribution in [0.1, 0.15) is 16.8 Å². The fraction of sp³-hybridized carbons (Fsp3) is 0.417. The summed E-state index contributed by atoms with van der Waals surface area (Å²) in [6.07, 6.45) is 0.341. The van der Waals surface area contributed by atoms with Gasteiger partial charge in [-0.1, -0.05) is 11.6 Å². The molecule has 116 valence electrons. The molecule has 0 aliphatic carbocycles. The number of hydrogen-bond acceptors (Lipinski definition) is 5. The number of nitrogens with one attached hydrogen (secondary N) is 1. The van der Waals surface area contributed by atoms with Gasteiger partial charge in [0.1, 0.15) is 5.60 Å². The molecule has 1 aliphatic rings. The highest BCUT2D eigenvalue weighted by Gasteiger charge is 2.33. The van der Waals surface area contributed by atoms with Crippen molar-refractivity contribution < 1.29 is 28.2 Å². The molecule has 9 heteroatoms. The van der Waals surface area contributed by atoms with E-state index in [0.29, 0.717) is 13.0 Å². The van der Waals surface area contributed by atoms with Crippen LogP contribution in [0.3, 0.4) is 0 Å². The van der Waals surface area contributed by atoms with E-state index in [2.05, 4.69) is 4.72 Å². The van der Waals surface area contributed by atoms with E-state index in [1.54, 1.807) is 0 Å². The minimum Gasteiger partial charge on any atom is -0.478 e. The summed E-state index contributed by atoms with van der Waals surface area (Å²) in [7, 11) is -3.89. The third-order valence-corrected chi connectivity index (χ3v) is 4.87. The highest BCUT2D eigenvalue weighted by atomic mass is 35.5. The molecule has 0 amide bonds. The Kier molecular flexibility index (Phi) is 4.54. The summed E-state index contributed by atoms with van der Waals surface area (Å²) in [5.41, 5.74) is -1.41. The lowest BCUT2D eigenvalue weighted by Crippen LogP contribution is -2.43. The Morgan fingerprint density at radius 3 is 2.71 bits per heavy atom. The molecule has 0 radical (unpaired) electrons. The molecular formula is C12H14ClNO6S. The van der Waals surface area contributed by atoms with E-state index in [-0.39, 0.29) is 28.6 Å². The van der Waals surface area contributed by atoms with Crippen molar-refractivity contribution in [1.29, 1.82) is 0 Å². The predicted molar refractivity (Wildman–Crippen MR) is 74.0 cm³/mol. The Balaban J connectivity index is 2.16. The van der Waals surface area contributed by atoms with Crippen LogP contribution in [-0.4, -0.2) is 50.0 Å². The number of carbonyl (C=O) groups is 1. The minimum absolute atomic E-state index is 0.0637. The molecule has 7 nitrogen and oxygen atoms in total. The van der Waals surface area contributed by atoms with E-state index in [0.717, 1.165) is 18.2 Å². The summed E-state index contributed by atoms with van der Waals surface area (Å²) in [5, 5.41) is 18.7. The smallest absolute Gasteiger partial charge is 0.337 e. The monoisotopic (exact) mass is 335 g/mol. The molecule has 21 heavy (non-hydrogen) atoms. The van der Waals surface area contributed by atoms with Crippen molar-refractivity contribution in [2.45, 2.75) is 16.9 Å². The lowest BCUT2D eigenvalue weighted by atomic mass is 10.1. The van der Waals surface area contributed by atoms with Gasteiger partial charge in [-0.25, -0.2) is 17.9 Å². The van der Waals surface area contributed by atoms with Gasteiger partial charge >= 0.3 is 5.97 Å². The molecule has 0 aromatic heterocycles. The van der Waals surface area contributed by atoms with E-state index in [1.165, 1.54) is 0 Å². The summed E-state index contributed by atoms with van der Waals surface area (Å²) < 4.78 is 31.5. The van der Waals surface area contributed by atoms with Crippen molar-refractivity contribution in [2.75, 3.05) is 19.8 Å². The van der Waals surface area contributed by atoms with E-state index in [1.807, 2.05) is 0 Å².